The van der Waals surface area contributed by atoms with Crippen molar-refractivity contribution < 1.29 is 4.79 Å². The Bertz CT molecular complexity index is 246. The van der Waals surface area contributed by atoms with E-state index in [1.165, 1.54) is 0 Å². The standard InChI is InChI=1S/C13H26N2OS/c1-5-6-11-13(16)15(7-8-17-4)12(14-11)9-10(2)3/h10-12,14H,5-9H2,1-4H3. The Morgan fingerprint density at radius 3 is 2.71 bits per heavy atom. The molecule has 1 rings (SSSR count). The van der Waals surface area contributed by atoms with Gasteiger partial charge in [-0.3, -0.25) is 10.1 Å². The van der Waals surface area contributed by atoms with Gasteiger partial charge in [-0.2, -0.15) is 11.8 Å². The number of thioether (sulfide) groups is 1. The van der Waals surface area contributed by atoms with Crippen LogP contribution in [0.5, 0.6) is 0 Å². The number of nitrogens with zero attached hydrogens (tertiary/aromatic N) is 1. The molecule has 0 saturated carbocycles. The Balaban J connectivity index is 2.62. The molecule has 1 fully saturated rings. The Morgan fingerprint density at radius 1 is 1.47 bits per heavy atom. The fourth-order valence-corrected chi connectivity index (χ4v) is 2.72. The zero-order valence-electron chi connectivity index (χ0n) is 11.5. The van der Waals surface area contributed by atoms with Gasteiger partial charge in [0.15, 0.2) is 0 Å². The first-order valence-corrected chi connectivity index (χ1v) is 8.05. The lowest BCUT2D eigenvalue weighted by atomic mass is 10.1. The van der Waals surface area contributed by atoms with Crippen molar-refractivity contribution in [2.24, 2.45) is 5.92 Å². The minimum absolute atomic E-state index is 0.0607. The van der Waals surface area contributed by atoms with Crippen molar-refractivity contribution in [1.82, 2.24) is 10.2 Å². The van der Waals surface area contributed by atoms with Gasteiger partial charge in [0.2, 0.25) is 5.91 Å². The van der Waals surface area contributed by atoms with Crippen LogP contribution in [0.3, 0.4) is 0 Å². The molecule has 0 bridgehead atoms. The maximum Gasteiger partial charge on any atom is 0.241 e. The summed E-state index contributed by atoms with van der Waals surface area (Å²) >= 11 is 1.80. The van der Waals surface area contributed by atoms with Crippen LogP contribution < -0.4 is 5.32 Å². The van der Waals surface area contributed by atoms with Gasteiger partial charge in [0.05, 0.1) is 12.2 Å². The second-order valence-electron chi connectivity index (χ2n) is 5.18. The van der Waals surface area contributed by atoms with E-state index in [0.717, 1.165) is 31.6 Å². The van der Waals surface area contributed by atoms with Gasteiger partial charge in [0.1, 0.15) is 0 Å². The maximum atomic E-state index is 12.2. The predicted molar refractivity (Wildman–Crippen MR) is 75.2 cm³/mol. The van der Waals surface area contributed by atoms with Gasteiger partial charge < -0.3 is 4.90 Å². The molecule has 2 atom stereocenters. The zero-order valence-corrected chi connectivity index (χ0v) is 12.3. The maximum absolute atomic E-state index is 12.2. The third-order valence-corrected chi connectivity index (χ3v) is 3.75. The molecule has 0 aromatic rings. The van der Waals surface area contributed by atoms with Crippen molar-refractivity contribution >= 4 is 17.7 Å². The number of carbonyl (C=O) groups is 1. The molecule has 0 radical (unpaired) electrons. The number of hydrogen-bond donors (Lipinski definition) is 1. The fourth-order valence-electron chi connectivity index (χ4n) is 2.34. The molecule has 1 N–H and O–H groups in total. The second-order valence-corrected chi connectivity index (χ2v) is 6.16. The Labute approximate surface area is 110 Å². The molecule has 3 nitrogen and oxygen atoms in total. The van der Waals surface area contributed by atoms with Gasteiger partial charge in [0.25, 0.3) is 0 Å². The quantitative estimate of drug-likeness (QED) is 0.760. The number of carbonyl (C=O) groups excluding carboxylic acids is 1. The molecule has 100 valence electrons. The second kappa shape index (κ2) is 7.27. The summed E-state index contributed by atoms with van der Waals surface area (Å²) in [4.78, 5) is 14.3. The molecule has 1 heterocycles. The van der Waals surface area contributed by atoms with Crippen molar-refractivity contribution in [3.05, 3.63) is 0 Å². The minimum atomic E-state index is 0.0607. The number of amides is 1. The highest BCUT2D eigenvalue weighted by Gasteiger charge is 2.37. The summed E-state index contributed by atoms with van der Waals surface area (Å²) in [6, 6.07) is 0.0607. The molecule has 0 spiro atoms. The first-order chi connectivity index (χ1) is 8.10. The predicted octanol–water partition coefficient (Wildman–Crippen LogP) is 2.32. The van der Waals surface area contributed by atoms with Crippen molar-refractivity contribution in [1.29, 1.82) is 0 Å². The van der Waals surface area contributed by atoms with Gasteiger partial charge >= 0.3 is 0 Å². The number of hydrogen-bond acceptors (Lipinski definition) is 3. The molecule has 1 aliphatic heterocycles. The van der Waals surface area contributed by atoms with E-state index in [2.05, 4.69) is 37.2 Å². The van der Waals surface area contributed by atoms with Crippen molar-refractivity contribution in [2.45, 2.75) is 52.2 Å². The summed E-state index contributed by atoms with van der Waals surface area (Å²) in [6.07, 6.45) is 5.43. The molecular weight excluding hydrogens is 232 g/mol. The number of nitrogens with one attached hydrogen (secondary N) is 1. The largest absolute Gasteiger partial charge is 0.325 e. The molecule has 0 aliphatic carbocycles. The average molecular weight is 258 g/mol. The summed E-state index contributed by atoms with van der Waals surface area (Å²) in [5, 5.41) is 3.50. The average Bonchev–Trinajstić information content (AvgIpc) is 2.53. The van der Waals surface area contributed by atoms with E-state index in [9.17, 15) is 4.79 Å². The van der Waals surface area contributed by atoms with Crippen molar-refractivity contribution in [3.8, 4) is 0 Å². The van der Waals surface area contributed by atoms with Crippen LogP contribution >= 0.6 is 11.8 Å². The molecular formula is C13H26N2OS. The lowest BCUT2D eigenvalue weighted by Gasteiger charge is -2.25. The van der Waals surface area contributed by atoms with Crippen LogP contribution in [0, 0.1) is 5.92 Å². The van der Waals surface area contributed by atoms with Crippen LogP contribution in [-0.2, 0) is 4.79 Å². The molecule has 0 aromatic carbocycles. The first-order valence-electron chi connectivity index (χ1n) is 6.65. The SMILES string of the molecule is CCCC1NC(CC(C)C)N(CCSC)C1=O. The van der Waals surface area contributed by atoms with Crippen LogP contribution in [0.15, 0.2) is 0 Å². The molecule has 2 unspecified atom stereocenters. The van der Waals surface area contributed by atoms with Crippen molar-refractivity contribution in [3.63, 3.8) is 0 Å². The summed E-state index contributed by atoms with van der Waals surface area (Å²) < 4.78 is 0. The van der Waals surface area contributed by atoms with Gasteiger partial charge in [-0.05, 0) is 25.0 Å². The van der Waals surface area contributed by atoms with E-state index in [1.807, 2.05) is 0 Å². The molecule has 1 saturated heterocycles. The molecule has 0 aromatic heterocycles. The summed E-state index contributed by atoms with van der Waals surface area (Å²) in [5.74, 6) is 1.96. The van der Waals surface area contributed by atoms with Gasteiger partial charge in [-0.15, -0.1) is 0 Å². The molecule has 4 heteroatoms. The van der Waals surface area contributed by atoms with E-state index >= 15 is 0 Å². The van der Waals surface area contributed by atoms with Crippen LogP contribution in [0.25, 0.3) is 0 Å². The van der Waals surface area contributed by atoms with Crippen LogP contribution in [0.2, 0.25) is 0 Å². The summed E-state index contributed by atoms with van der Waals surface area (Å²) in [5.41, 5.74) is 0. The fraction of sp³-hybridized carbons (Fsp3) is 0.923. The Kier molecular flexibility index (Phi) is 6.34. The lowest BCUT2D eigenvalue weighted by molar-refractivity contribution is -0.130. The van der Waals surface area contributed by atoms with E-state index in [-0.39, 0.29) is 12.2 Å². The van der Waals surface area contributed by atoms with Gasteiger partial charge in [-0.25, -0.2) is 0 Å². The highest BCUT2D eigenvalue weighted by atomic mass is 32.2. The van der Waals surface area contributed by atoms with Crippen LogP contribution in [-0.4, -0.2) is 41.6 Å². The monoisotopic (exact) mass is 258 g/mol. The third-order valence-electron chi connectivity index (χ3n) is 3.16. The summed E-state index contributed by atoms with van der Waals surface area (Å²) in [7, 11) is 0. The highest BCUT2D eigenvalue weighted by molar-refractivity contribution is 7.98. The van der Waals surface area contributed by atoms with E-state index in [1.54, 1.807) is 11.8 Å². The van der Waals surface area contributed by atoms with Crippen LogP contribution in [0.1, 0.15) is 40.0 Å². The van der Waals surface area contributed by atoms with E-state index in [4.69, 9.17) is 0 Å². The Hall–Kier alpha value is -0.220. The third kappa shape index (κ3) is 4.18. The Morgan fingerprint density at radius 2 is 2.18 bits per heavy atom. The minimum Gasteiger partial charge on any atom is -0.325 e. The smallest absolute Gasteiger partial charge is 0.241 e. The highest BCUT2D eigenvalue weighted by Crippen LogP contribution is 2.20. The topological polar surface area (TPSA) is 32.3 Å². The molecule has 17 heavy (non-hydrogen) atoms. The molecule has 1 amide bonds. The van der Waals surface area contributed by atoms with Crippen LogP contribution in [0.4, 0.5) is 0 Å². The zero-order chi connectivity index (χ0) is 12.8. The van der Waals surface area contributed by atoms with Crippen molar-refractivity contribution in [2.75, 3.05) is 18.6 Å². The van der Waals surface area contributed by atoms with Gasteiger partial charge in [0, 0.05) is 12.3 Å². The summed E-state index contributed by atoms with van der Waals surface area (Å²) in [6.45, 7) is 7.44. The normalized spacial score (nSPS) is 25.0. The van der Waals surface area contributed by atoms with E-state index in [0.29, 0.717) is 11.8 Å². The first kappa shape index (κ1) is 14.8. The number of rotatable bonds is 7. The lowest BCUT2D eigenvalue weighted by Crippen LogP contribution is -2.39. The molecule has 1 aliphatic rings. The van der Waals surface area contributed by atoms with E-state index < -0.39 is 0 Å². The van der Waals surface area contributed by atoms with Gasteiger partial charge in [-0.1, -0.05) is 27.2 Å².